The third-order valence-corrected chi connectivity index (χ3v) is 8.03. The van der Waals surface area contributed by atoms with Gasteiger partial charge in [0.05, 0.1) is 7.11 Å². The van der Waals surface area contributed by atoms with Crippen LogP contribution in [0, 0.1) is 22.7 Å². The average Bonchev–Trinajstić information content (AvgIpc) is 2.83. The Bertz CT molecular complexity index is 592. The molecule has 0 amide bonds. The van der Waals surface area contributed by atoms with Gasteiger partial charge in [0.15, 0.2) is 0 Å². The Labute approximate surface area is 135 Å². The standard InChI is InChI=1S/C21H30O/c1-14-5-8-19-20(14,2)12-10-18-17-7-6-16(22-4)13-15(17)9-11-21(18,19)3/h6-7,13-14,18-19H,5,8-12H2,1-4H3/t14-,18?,19?,20+,21+/m0/s1. The quantitative estimate of drug-likeness (QED) is 0.658. The zero-order valence-corrected chi connectivity index (χ0v) is 14.6. The molecule has 0 saturated heterocycles. The van der Waals surface area contributed by atoms with Crippen molar-refractivity contribution in [1.82, 2.24) is 0 Å². The molecular formula is C21H30O. The third kappa shape index (κ3) is 1.77. The average molecular weight is 298 g/mol. The van der Waals surface area contributed by atoms with E-state index in [-0.39, 0.29) is 0 Å². The van der Waals surface area contributed by atoms with Gasteiger partial charge in [-0.2, -0.15) is 0 Å². The van der Waals surface area contributed by atoms with E-state index in [1.807, 2.05) is 0 Å². The van der Waals surface area contributed by atoms with Crippen molar-refractivity contribution >= 4 is 0 Å². The molecule has 0 N–H and O–H groups in total. The fraction of sp³-hybridized carbons (Fsp3) is 0.714. The van der Waals surface area contributed by atoms with Crippen molar-refractivity contribution < 1.29 is 4.74 Å². The highest BCUT2D eigenvalue weighted by Gasteiger charge is 2.58. The molecule has 1 heteroatoms. The molecular weight excluding hydrogens is 268 g/mol. The number of hydrogen-bond acceptors (Lipinski definition) is 1. The van der Waals surface area contributed by atoms with E-state index >= 15 is 0 Å². The third-order valence-electron chi connectivity index (χ3n) is 8.03. The molecule has 0 aromatic heterocycles. The molecule has 0 bridgehead atoms. The smallest absolute Gasteiger partial charge is 0.119 e. The van der Waals surface area contributed by atoms with E-state index in [1.54, 1.807) is 18.2 Å². The lowest BCUT2D eigenvalue weighted by atomic mass is 9.47. The minimum Gasteiger partial charge on any atom is -0.497 e. The van der Waals surface area contributed by atoms with E-state index in [4.69, 9.17) is 4.74 Å². The SMILES string of the molecule is COc1ccc2c(c1)CC[C@]1(C)C2CC[C@@]2(C)C1CC[C@@H]2C. The first kappa shape index (κ1) is 14.6. The van der Waals surface area contributed by atoms with Crippen LogP contribution in [0.3, 0.4) is 0 Å². The van der Waals surface area contributed by atoms with E-state index in [0.29, 0.717) is 10.8 Å². The van der Waals surface area contributed by atoms with Crippen molar-refractivity contribution in [3.63, 3.8) is 0 Å². The van der Waals surface area contributed by atoms with Crippen molar-refractivity contribution in [2.24, 2.45) is 22.7 Å². The predicted molar refractivity (Wildman–Crippen MR) is 91.4 cm³/mol. The van der Waals surface area contributed by atoms with Gasteiger partial charge in [-0.05, 0) is 90.4 Å². The summed E-state index contributed by atoms with van der Waals surface area (Å²) in [6, 6.07) is 6.84. The lowest BCUT2D eigenvalue weighted by molar-refractivity contribution is -0.0346. The van der Waals surface area contributed by atoms with Gasteiger partial charge < -0.3 is 4.74 Å². The summed E-state index contributed by atoms with van der Waals surface area (Å²) in [6.07, 6.45) is 8.30. The Kier molecular flexibility index (Phi) is 3.16. The summed E-state index contributed by atoms with van der Waals surface area (Å²) < 4.78 is 5.44. The van der Waals surface area contributed by atoms with Crippen molar-refractivity contribution in [3.8, 4) is 5.75 Å². The molecule has 1 nitrogen and oxygen atoms in total. The van der Waals surface area contributed by atoms with Crippen LogP contribution in [-0.4, -0.2) is 7.11 Å². The van der Waals surface area contributed by atoms with Gasteiger partial charge in [-0.3, -0.25) is 0 Å². The van der Waals surface area contributed by atoms with Gasteiger partial charge in [0.2, 0.25) is 0 Å². The maximum Gasteiger partial charge on any atom is 0.119 e. The van der Waals surface area contributed by atoms with Crippen LogP contribution in [-0.2, 0) is 6.42 Å². The molecule has 4 rings (SSSR count). The Balaban J connectivity index is 1.75. The van der Waals surface area contributed by atoms with Gasteiger partial charge in [0.25, 0.3) is 0 Å². The minimum absolute atomic E-state index is 0.513. The fourth-order valence-corrected chi connectivity index (χ4v) is 6.48. The maximum absolute atomic E-state index is 5.44. The Hall–Kier alpha value is -0.980. The molecule has 2 unspecified atom stereocenters. The number of aryl methyl sites for hydroxylation is 1. The van der Waals surface area contributed by atoms with Crippen molar-refractivity contribution in [2.45, 2.75) is 65.2 Å². The van der Waals surface area contributed by atoms with Gasteiger partial charge in [-0.1, -0.05) is 26.8 Å². The largest absolute Gasteiger partial charge is 0.497 e. The van der Waals surface area contributed by atoms with Crippen LogP contribution in [0.25, 0.3) is 0 Å². The van der Waals surface area contributed by atoms with Gasteiger partial charge in [-0.25, -0.2) is 0 Å². The first-order valence-corrected chi connectivity index (χ1v) is 9.16. The van der Waals surface area contributed by atoms with E-state index in [2.05, 4.69) is 39.0 Å². The molecule has 1 aromatic carbocycles. The minimum atomic E-state index is 0.513. The number of benzene rings is 1. The molecule has 0 heterocycles. The summed E-state index contributed by atoms with van der Waals surface area (Å²) in [7, 11) is 1.78. The van der Waals surface area contributed by atoms with Crippen molar-refractivity contribution in [1.29, 1.82) is 0 Å². The van der Waals surface area contributed by atoms with E-state index < -0.39 is 0 Å². The molecule has 120 valence electrons. The molecule has 2 saturated carbocycles. The number of fused-ring (bicyclic) bond motifs is 5. The van der Waals surface area contributed by atoms with E-state index in [1.165, 1.54) is 38.5 Å². The van der Waals surface area contributed by atoms with Crippen LogP contribution in [0.2, 0.25) is 0 Å². The van der Waals surface area contributed by atoms with Crippen LogP contribution >= 0.6 is 0 Å². The number of rotatable bonds is 1. The molecule has 5 atom stereocenters. The number of hydrogen-bond donors (Lipinski definition) is 0. The Morgan fingerprint density at radius 2 is 1.86 bits per heavy atom. The van der Waals surface area contributed by atoms with Gasteiger partial charge >= 0.3 is 0 Å². The highest BCUT2D eigenvalue weighted by atomic mass is 16.5. The summed E-state index contributed by atoms with van der Waals surface area (Å²) in [5.41, 5.74) is 4.29. The summed E-state index contributed by atoms with van der Waals surface area (Å²) in [5, 5.41) is 0. The van der Waals surface area contributed by atoms with Gasteiger partial charge in [-0.15, -0.1) is 0 Å². The lowest BCUT2D eigenvalue weighted by Crippen LogP contribution is -2.48. The van der Waals surface area contributed by atoms with Crippen molar-refractivity contribution in [3.05, 3.63) is 29.3 Å². The highest BCUT2D eigenvalue weighted by molar-refractivity contribution is 5.41. The topological polar surface area (TPSA) is 9.23 Å². The second kappa shape index (κ2) is 4.76. The molecule has 0 spiro atoms. The summed E-state index contributed by atoms with van der Waals surface area (Å²) in [6.45, 7) is 7.72. The summed E-state index contributed by atoms with van der Waals surface area (Å²) in [4.78, 5) is 0. The Morgan fingerprint density at radius 3 is 2.64 bits per heavy atom. The second-order valence-electron chi connectivity index (χ2n) is 8.70. The molecule has 0 aliphatic heterocycles. The van der Waals surface area contributed by atoms with E-state index in [0.717, 1.165) is 23.5 Å². The van der Waals surface area contributed by atoms with Gasteiger partial charge in [0.1, 0.15) is 5.75 Å². The van der Waals surface area contributed by atoms with Crippen molar-refractivity contribution in [2.75, 3.05) is 7.11 Å². The Morgan fingerprint density at radius 1 is 1.05 bits per heavy atom. The zero-order valence-electron chi connectivity index (χ0n) is 14.6. The number of methoxy groups -OCH3 is 1. The molecule has 3 aliphatic rings. The first-order chi connectivity index (χ1) is 10.5. The lowest BCUT2D eigenvalue weighted by Gasteiger charge is -2.57. The number of ether oxygens (including phenoxy) is 1. The molecule has 22 heavy (non-hydrogen) atoms. The molecule has 3 aliphatic carbocycles. The zero-order chi connectivity index (χ0) is 15.5. The summed E-state index contributed by atoms with van der Waals surface area (Å²) >= 11 is 0. The highest BCUT2D eigenvalue weighted by Crippen LogP contribution is 2.68. The predicted octanol–water partition coefficient (Wildman–Crippen LogP) is 5.58. The molecule has 0 radical (unpaired) electrons. The van der Waals surface area contributed by atoms with E-state index in [9.17, 15) is 0 Å². The maximum atomic E-state index is 5.44. The molecule has 1 aromatic rings. The van der Waals surface area contributed by atoms with Crippen LogP contribution in [0.1, 0.15) is 69.9 Å². The second-order valence-corrected chi connectivity index (χ2v) is 8.70. The normalized spacial score (nSPS) is 43.2. The molecule has 2 fully saturated rings. The van der Waals surface area contributed by atoms with Crippen LogP contribution in [0.15, 0.2) is 18.2 Å². The first-order valence-electron chi connectivity index (χ1n) is 9.16. The summed E-state index contributed by atoms with van der Waals surface area (Å²) in [5.74, 6) is 3.62. The van der Waals surface area contributed by atoms with Crippen LogP contribution < -0.4 is 4.74 Å². The fourth-order valence-electron chi connectivity index (χ4n) is 6.48. The van der Waals surface area contributed by atoms with Crippen LogP contribution in [0.5, 0.6) is 5.75 Å². The van der Waals surface area contributed by atoms with Gasteiger partial charge in [0, 0.05) is 0 Å². The monoisotopic (exact) mass is 298 g/mol. The van der Waals surface area contributed by atoms with Crippen LogP contribution in [0.4, 0.5) is 0 Å².